The van der Waals surface area contributed by atoms with Gasteiger partial charge in [-0.2, -0.15) is 4.98 Å². The highest BCUT2D eigenvalue weighted by atomic mass is 16.6. The Morgan fingerprint density at radius 1 is 1.07 bits per heavy atom. The Morgan fingerprint density at radius 3 is 2.41 bits per heavy atom. The summed E-state index contributed by atoms with van der Waals surface area (Å²) in [5.74, 6) is 1.14. The van der Waals surface area contributed by atoms with Gasteiger partial charge in [-0.3, -0.25) is 10.1 Å². The van der Waals surface area contributed by atoms with Gasteiger partial charge in [-0.15, -0.1) is 0 Å². The Kier molecular flexibility index (Phi) is 5.46. The van der Waals surface area contributed by atoms with E-state index in [0.29, 0.717) is 23.9 Å². The summed E-state index contributed by atoms with van der Waals surface area (Å²) in [4.78, 5) is 19.5. The highest BCUT2D eigenvalue weighted by Crippen LogP contribution is 2.30. The van der Waals surface area contributed by atoms with Crippen LogP contribution in [0.25, 0.3) is 0 Å². The van der Waals surface area contributed by atoms with Crippen molar-refractivity contribution in [2.45, 2.75) is 13.5 Å². The largest absolute Gasteiger partial charge is 0.497 e. The van der Waals surface area contributed by atoms with Crippen molar-refractivity contribution in [3.63, 3.8) is 0 Å². The van der Waals surface area contributed by atoms with Crippen molar-refractivity contribution < 1.29 is 9.66 Å². The molecule has 2 N–H and O–H groups in total. The molecule has 8 nitrogen and oxygen atoms in total. The molecule has 2 aromatic carbocycles. The summed E-state index contributed by atoms with van der Waals surface area (Å²) in [7, 11) is 1.58. The summed E-state index contributed by atoms with van der Waals surface area (Å²) in [5, 5.41) is 17.6. The van der Waals surface area contributed by atoms with Crippen LogP contribution >= 0.6 is 0 Å². The van der Waals surface area contributed by atoms with Crippen LogP contribution in [-0.2, 0) is 6.54 Å². The van der Waals surface area contributed by atoms with E-state index in [0.717, 1.165) is 5.56 Å². The zero-order valence-corrected chi connectivity index (χ0v) is 15.0. The maximum absolute atomic E-state index is 11.5. The number of methoxy groups -OCH3 is 1. The molecule has 3 rings (SSSR count). The lowest BCUT2D eigenvalue weighted by molar-refractivity contribution is -0.385. The van der Waals surface area contributed by atoms with Crippen LogP contribution in [-0.4, -0.2) is 22.0 Å². The molecule has 8 heteroatoms. The predicted octanol–water partition coefficient (Wildman–Crippen LogP) is 4.06. The van der Waals surface area contributed by atoms with Gasteiger partial charge in [0.1, 0.15) is 11.4 Å². The Labute approximate surface area is 156 Å². The average Bonchev–Trinajstić information content (AvgIpc) is 2.67. The molecular formula is C19H19N5O3. The minimum atomic E-state index is -0.484. The molecule has 27 heavy (non-hydrogen) atoms. The van der Waals surface area contributed by atoms with Crippen LogP contribution in [0.1, 0.15) is 11.3 Å². The molecular weight excluding hydrogens is 346 g/mol. The second kappa shape index (κ2) is 8.13. The first-order valence-corrected chi connectivity index (χ1v) is 8.28. The molecule has 0 amide bonds. The van der Waals surface area contributed by atoms with Crippen LogP contribution in [0.15, 0.2) is 54.6 Å². The number of ether oxygens (including phenoxy) is 1. The van der Waals surface area contributed by atoms with Crippen LogP contribution < -0.4 is 15.4 Å². The van der Waals surface area contributed by atoms with Crippen LogP contribution in [0.5, 0.6) is 5.75 Å². The molecule has 1 heterocycles. The average molecular weight is 365 g/mol. The summed E-state index contributed by atoms with van der Waals surface area (Å²) < 4.78 is 5.12. The Morgan fingerprint density at radius 2 is 1.78 bits per heavy atom. The van der Waals surface area contributed by atoms with Gasteiger partial charge in [0.15, 0.2) is 0 Å². The van der Waals surface area contributed by atoms with E-state index in [9.17, 15) is 10.1 Å². The Balaban J connectivity index is 1.87. The van der Waals surface area contributed by atoms with Crippen molar-refractivity contribution in [2.75, 3.05) is 17.7 Å². The molecule has 0 aliphatic carbocycles. The number of anilines is 3. The summed E-state index contributed by atoms with van der Waals surface area (Å²) in [6.45, 7) is 2.10. The first-order valence-electron chi connectivity index (χ1n) is 8.28. The number of nitrogens with zero attached hydrogens (tertiary/aromatic N) is 3. The topological polar surface area (TPSA) is 102 Å². The van der Waals surface area contributed by atoms with E-state index >= 15 is 0 Å². The van der Waals surface area contributed by atoms with Gasteiger partial charge < -0.3 is 15.4 Å². The van der Waals surface area contributed by atoms with E-state index in [4.69, 9.17) is 4.74 Å². The molecule has 0 aliphatic heterocycles. The molecule has 0 fully saturated rings. The lowest BCUT2D eigenvalue weighted by Gasteiger charge is -2.11. The number of aryl methyl sites for hydroxylation is 1. The summed E-state index contributed by atoms with van der Waals surface area (Å²) in [5.41, 5.74) is 1.84. The van der Waals surface area contributed by atoms with Gasteiger partial charge in [-0.25, -0.2) is 4.98 Å². The maximum Gasteiger partial charge on any atom is 0.332 e. The summed E-state index contributed by atoms with van der Waals surface area (Å²) in [6.07, 6.45) is 0. The zero-order valence-electron chi connectivity index (χ0n) is 15.0. The van der Waals surface area contributed by atoms with Crippen LogP contribution in [0.2, 0.25) is 0 Å². The van der Waals surface area contributed by atoms with Gasteiger partial charge in [0.25, 0.3) is 0 Å². The molecule has 0 aliphatic rings. The molecule has 0 radical (unpaired) electrons. The van der Waals surface area contributed by atoms with Gasteiger partial charge in [-0.1, -0.05) is 30.3 Å². The van der Waals surface area contributed by atoms with Gasteiger partial charge in [0.05, 0.1) is 12.0 Å². The molecule has 3 aromatic rings. The number of aromatic nitrogens is 2. The van der Waals surface area contributed by atoms with E-state index in [1.165, 1.54) is 0 Å². The van der Waals surface area contributed by atoms with Crippen LogP contribution in [0.4, 0.5) is 23.1 Å². The third-order valence-corrected chi connectivity index (χ3v) is 3.89. The minimum Gasteiger partial charge on any atom is -0.497 e. The van der Waals surface area contributed by atoms with Crippen molar-refractivity contribution in [1.29, 1.82) is 0 Å². The van der Waals surface area contributed by atoms with Crippen molar-refractivity contribution in [2.24, 2.45) is 0 Å². The monoisotopic (exact) mass is 365 g/mol. The van der Waals surface area contributed by atoms with Gasteiger partial charge in [0.2, 0.25) is 11.8 Å². The summed E-state index contributed by atoms with van der Waals surface area (Å²) >= 11 is 0. The molecule has 0 bridgehead atoms. The fourth-order valence-corrected chi connectivity index (χ4v) is 2.54. The van der Waals surface area contributed by atoms with Crippen molar-refractivity contribution in [3.05, 3.63) is 76.0 Å². The molecule has 0 unspecified atom stereocenters. The molecule has 138 valence electrons. The summed E-state index contributed by atoms with van der Waals surface area (Å²) in [6, 6.07) is 16.8. The Hall–Kier alpha value is -3.68. The van der Waals surface area contributed by atoms with E-state index < -0.39 is 4.92 Å². The van der Waals surface area contributed by atoms with Crippen LogP contribution in [0.3, 0.4) is 0 Å². The van der Waals surface area contributed by atoms with E-state index in [1.807, 2.05) is 30.3 Å². The molecule has 0 spiro atoms. The van der Waals surface area contributed by atoms with Crippen molar-refractivity contribution in [3.8, 4) is 5.75 Å². The fourth-order valence-electron chi connectivity index (χ4n) is 2.54. The molecule has 0 atom stereocenters. The second-order valence-corrected chi connectivity index (χ2v) is 5.78. The minimum absolute atomic E-state index is 0.133. The Bertz CT molecular complexity index is 930. The smallest absolute Gasteiger partial charge is 0.332 e. The number of rotatable bonds is 7. The number of hydrogen-bond acceptors (Lipinski definition) is 7. The fraction of sp³-hybridized carbons (Fsp3) is 0.158. The van der Waals surface area contributed by atoms with E-state index in [1.54, 1.807) is 38.3 Å². The standard InChI is InChI=1S/C19H19N5O3/c1-13-17(24(25)26)18(22-15-8-10-16(27-2)11-9-15)23-19(21-13)20-12-14-6-4-3-5-7-14/h3-11H,12H2,1-2H3,(H2,20,21,22,23). The van der Waals surface area contributed by atoms with Gasteiger partial charge in [-0.05, 0) is 36.8 Å². The number of nitro groups is 1. The first-order chi connectivity index (χ1) is 13.1. The number of benzene rings is 2. The van der Waals surface area contributed by atoms with E-state index in [-0.39, 0.29) is 17.2 Å². The predicted molar refractivity (Wildman–Crippen MR) is 103 cm³/mol. The van der Waals surface area contributed by atoms with Crippen molar-refractivity contribution >= 4 is 23.1 Å². The maximum atomic E-state index is 11.5. The van der Waals surface area contributed by atoms with Gasteiger partial charge >= 0.3 is 5.69 Å². The van der Waals surface area contributed by atoms with E-state index in [2.05, 4.69) is 20.6 Å². The normalized spacial score (nSPS) is 10.3. The second-order valence-electron chi connectivity index (χ2n) is 5.78. The molecule has 0 saturated heterocycles. The number of hydrogen-bond donors (Lipinski definition) is 2. The third kappa shape index (κ3) is 4.49. The SMILES string of the molecule is COc1ccc(Nc2nc(NCc3ccccc3)nc(C)c2[N+](=O)[O-])cc1. The zero-order chi connectivity index (χ0) is 19.2. The third-order valence-electron chi connectivity index (χ3n) is 3.89. The molecule has 1 aromatic heterocycles. The molecule has 0 saturated carbocycles. The number of nitrogens with one attached hydrogen (secondary N) is 2. The van der Waals surface area contributed by atoms with Crippen LogP contribution in [0, 0.1) is 17.0 Å². The highest BCUT2D eigenvalue weighted by molar-refractivity contribution is 5.68. The highest BCUT2D eigenvalue weighted by Gasteiger charge is 2.22. The van der Waals surface area contributed by atoms with Crippen molar-refractivity contribution in [1.82, 2.24) is 9.97 Å². The van der Waals surface area contributed by atoms with Gasteiger partial charge in [0, 0.05) is 12.2 Å². The quantitative estimate of drug-likeness (QED) is 0.481. The lowest BCUT2D eigenvalue weighted by Crippen LogP contribution is -2.09. The lowest BCUT2D eigenvalue weighted by atomic mass is 10.2. The first kappa shape index (κ1) is 18.1.